The molecule has 7 heteroatoms. The molecular formula is C10H8Br2ClN3S. The predicted octanol–water partition coefficient (Wildman–Crippen LogP) is 4.59. The lowest BCUT2D eigenvalue weighted by molar-refractivity contribution is 1.27. The Morgan fingerprint density at radius 2 is 2.24 bits per heavy atom. The molecule has 1 aromatic carbocycles. The van der Waals surface area contributed by atoms with Gasteiger partial charge < -0.3 is 0 Å². The first-order valence-corrected chi connectivity index (χ1v) is 7.62. The Kier molecular flexibility index (Phi) is 5.80. The van der Waals surface area contributed by atoms with Crippen LogP contribution in [0.15, 0.2) is 20.0 Å². The van der Waals surface area contributed by atoms with Crippen molar-refractivity contribution in [3.63, 3.8) is 0 Å². The van der Waals surface area contributed by atoms with Crippen LogP contribution >= 0.6 is 55.2 Å². The van der Waals surface area contributed by atoms with Gasteiger partial charge in [-0.3, -0.25) is 5.32 Å². The highest BCUT2D eigenvalue weighted by atomic mass is 79.9. The normalized spacial score (nSPS) is 11.2. The van der Waals surface area contributed by atoms with Crippen LogP contribution in [0.3, 0.4) is 0 Å². The smallest absolute Gasteiger partial charge is 0.183 e. The summed E-state index contributed by atoms with van der Waals surface area (Å²) in [4.78, 5) is 4.36. The van der Waals surface area contributed by atoms with Gasteiger partial charge in [-0.05, 0) is 56.7 Å². The highest BCUT2D eigenvalue weighted by Crippen LogP contribution is 2.40. The molecule has 0 atom stereocenters. The molecule has 0 fully saturated rings. The number of nitrogens with zero attached hydrogens (tertiary/aromatic N) is 2. The summed E-state index contributed by atoms with van der Waals surface area (Å²) in [5, 5.41) is 12.3. The fourth-order valence-corrected chi connectivity index (χ4v) is 3.13. The molecule has 3 nitrogen and oxygen atoms in total. The molecule has 0 aliphatic carbocycles. The van der Waals surface area contributed by atoms with Gasteiger partial charge in [-0.15, -0.1) is 0 Å². The number of aliphatic imine (C=N–C) groups is 1. The molecule has 0 aromatic heterocycles. The van der Waals surface area contributed by atoms with Crippen molar-refractivity contribution >= 4 is 66.1 Å². The maximum absolute atomic E-state index is 8.58. The summed E-state index contributed by atoms with van der Waals surface area (Å²) in [5.41, 5.74) is 1.62. The average Bonchev–Trinajstić information content (AvgIpc) is 2.30. The summed E-state index contributed by atoms with van der Waals surface area (Å²) >= 11 is 14.2. The molecule has 0 bridgehead atoms. The van der Waals surface area contributed by atoms with Gasteiger partial charge in [0.05, 0.1) is 5.69 Å². The Bertz CT molecular complexity index is 511. The number of halogens is 3. The summed E-state index contributed by atoms with van der Waals surface area (Å²) in [5.74, 6) is 0. The summed E-state index contributed by atoms with van der Waals surface area (Å²) in [7, 11) is 0. The van der Waals surface area contributed by atoms with E-state index in [-0.39, 0.29) is 0 Å². The van der Waals surface area contributed by atoms with Crippen molar-refractivity contribution in [1.29, 1.82) is 5.26 Å². The largest absolute Gasteiger partial charge is 0.271 e. The monoisotopic (exact) mass is 395 g/mol. The number of amidine groups is 1. The van der Waals surface area contributed by atoms with Crippen LogP contribution in [-0.2, 0) is 0 Å². The Balaban J connectivity index is 3.33. The topological polar surface area (TPSA) is 48.2 Å². The van der Waals surface area contributed by atoms with E-state index in [0.29, 0.717) is 15.9 Å². The van der Waals surface area contributed by atoms with Gasteiger partial charge in [-0.25, -0.2) is 4.99 Å². The standard InChI is InChI=1S/C10H8Br2ClN3S/c1-5-7(13)3-6(11)9(8(5)12)16-10(17-2)15-4-14/h3H,1-2H3,(H,15,16). The van der Waals surface area contributed by atoms with Crippen molar-refractivity contribution in [3.8, 4) is 6.19 Å². The van der Waals surface area contributed by atoms with Gasteiger partial charge in [-0.2, -0.15) is 5.26 Å². The predicted molar refractivity (Wildman–Crippen MR) is 80.9 cm³/mol. The quantitative estimate of drug-likeness (QED) is 0.326. The molecular weight excluding hydrogens is 389 g/mol. The van der Waals surface area contributed by atoms with Crippen LogP contribution in [0.25, 0.3) is 0 Å². The number of thioether (sulfide) groups is 1. The van der Waals surface area contributed by atoms with Crippen molar-refractivity contribution in [2.75, 3.05) is 6.26 Å². The molecule has 0 radical (unpaired) electrons. The number of hydrogen-bond donors (Lipinski definition) is 1. The second-order valence-corrected chi connectivity index (χ2v) is 5.84. The third-order valence-electron chi connectivity index (χ3n) is 1.94. The number of nitriles is 1. The Morgan fingerprint density at radius 1 is 1.59 bits per heavy atom. The minimum absolute atomic E-state index is 0.524. The highest BCUT2D eigenvalue weighted by Gasteiger charge is 2.11. The first kappa shape index (κ1) is 14.8. The molecule has 0 saturated carbocycles. The lowest BCUT2D eigenvalue weighted by Gasteiger charge is -2.09. The van der Waals surface area contributed by atoms with Gasteiger partial charge in [0.25, 0.3) is 0 Å². The van der Waals surface area contributed by atoms with Crippen LogP contribution in [0.4, 0.5) is 5.69 Å². The number of hydrogen-bond acceptors (Lipinski definition) is 3. The fourth-order valence-electron chi connectivity index (χ4n) is 1.05. The first-order chi connectivity index (χ1) is 8.01. The highest BCUT2D eigenvalue weighted by molar-refractivity contribution is 9.11. The summed E-state index contributed by atoms with van der Waals surface area (Å²) in [6, 6.07) is 1.78. The van der Waals surface area contributed by atoms with Crippen molar-refractivity contribution < 1.29 is 0 Å². The fraction of sp³-hybridized carbons (Fsp3) is 0.200. The van der Waals surface area contributed by atoms with Crippen LogP contribution in [-0.4, -0.2) is 11.4 Å². The molecule has 0 aliphatic rings. The molecule has 1 rings (SSSR count). The molecule has 17 heavy (non-hydrogen) atoms. The molecule has 0 spiro atoms. The second kappa shape index (κ2) is 6.64. The van der Waals surface area contributed by atoms with Gasteiger partial charge in [-0.1, -0.05) is 23.4 Å². The van der Waals surface area contributed by atoms with Gasteiger partial charge in [0.2, 0.25) is 0 Å². The molecule has 0 unspecified atom stereocenters. The van der Waals surface area contributed by atoms with E-state index in [0.717, 1.165) is 14.5 Å². The lowest BCUT2D eigenvalue weighted by atomic mass is 10.2. The van der Waals surface area contributed by atoms with Gasteiger partial charge in [0.15, 0.2) is 11.4 Å². The van der Waals surface area contributed by atoms with Crippen LogP contribution in [0.2, 0.25) is 5.02 Å². The van der Waals surface area contributed by atoms with Crippen molar-refractivity contribution in [1.82, 2.24) is 5.32 Å². The van der Waals surface area contributed by atoms with E-state index in [2.05, 4.69) is 42.2 Å². The summed E-state index contributed by atoms with van der Waals surface area (Å²) < 4.78 is 1.58. The van der Waals surface area contributed by atoms with Crippen LogP contribution in [0, 0.1) is 18.4 Å². The number of nitrogens with one attached hydrogen (secondary N) is 1. The van der Waals surface area contributed by atoms with E-state index in [1.54, 1.807) is 6.07 Å². The molecule has 0 heterocycles. The van der Waals surface area contributed by atoms with Crippen molar-refractivity contribution in [2.24, 2.45) is 4.99 Å². The minimum Gasteiger partial charge on any atom is -0.271 e. The minimum atomic E-state index is 0.524. The molecule has 0 aliphatic heterocycles. The number of benzene rings is 1. The van der Waals surface area contributed by atoms with Crippen molar-refractivity contribution in [2.45, 2.75) is 6.92 Å². The SMILES string of the molecule is CSC(=Nc1c(Br)cc(Cl)c(C)c1Br)NC#N. The summed E-state index contributed by atoms with van der Waals surface area (Å²) in [6.07, 6.45) is 3.69. The van der Waals surface area contributed by atoms with Crippen LogP contribution in [0.1, 0.15) is 5.56 Å². The second-order valence-electron chi connectivity index (χ2n) is 2.99. The maximum Gasteiger partial charge on any atom is 0.183 e. The van der Waals surface area contributed by atoms with Gasteiger partial charge in [0, 0.05) is 14.0 Å². The zero-order valence-electron chi connectivity index (χ0n) is 9.01. The van der Waals surface area contributed by atoms with Crippen molar-refractivity contribution in [3.05, 3.63) is 25.6 Å². The zero-order chi connectivity index (χ0) is 13.0. The molecule has 0 saturated heterocycles. The van der Waals surface area contributed by atoms with E-state index < -0.39 is 0 Å². The average molecular weight is 398 g/mol. The number of rotatable bonds is 1. The van der Waals surface area contributed by atoms with E-state index >= 15 is 0 Å². The Morgan fingerprint density at radius 3 is 2.76 bits per heavy atom. The van der Waals surface area contributed by atoms with E-state index in [4.69, 9.17) is 16.9 Å². The third-order valence-corrected chi connectivity index (χ3v) is 4.49. The van der Waals surface area contributed by atoms with Gasteiger partial charge in [0.1, 0.15) is 0 Å². The Hall–Kier alpha value is -0.220. The zero-order valence-corrected chi connectivity index (χ0v) is 13.8. The third kappa shape index (κ3) is 3.62. The first-order valence-electron chi connectivity index (χ1n) is 4.43. The maximum atomic E-state index is 8.58. The van der Waals surface area contributed by atoms with E-state index in [1.807, 2.05) is 19.4 Å². The molecule has 1 aromatic rings. The molecule has 90 valence electrons. The molecule has 0 amide bonds. The van der Waals surface area contributed by atoms with E-state index in [9.17, 15) is 0 Å². The lowest BCUT2D eigenvalue weighted by Crippen LogP contribution is -2.12. The van der Waals surface area contributed by atoms with Crippen LogP contribution in [0.5, 0.6) is 0 Å². The van der Waals surface area contributed by atoms with E-state index in [1.165, 1.54) is 11.8 Å². The van der Waals surface area contributed by atoms with Gasteiger partial charge >= 0.3 is 0 Å². The molecule has 1 N–H and O–H groups in total. The van der Waals surface area contributed by atoms with Crippen LogP contribution < -0.4 is 5.32 Å². The summed E-state index contributed by atoms with van der Waals surface area (Å²) in [6.45, 7) is 1.90. The Labute approximate surface area is 126 Å².